The fourth-order valence-corrected chi connectivity index (χ4v) is 3.87. The van der Waals surface area contributed by atoms with Gasteiger partial charge in [0.05, 0.1) is 5.56 Å². The molecule has 4 rings (SSSR count). The minimum atomic E-state index is 0.495. The number of hydrogen-bond donors (Lipinski definition) is 0. The van der Waals surface area contributed by atoms with Crippen LogP contribution in [-0.4, -0.2) is 0 Å². The van der Waals surface area contributed by atoms with Crippen LogP contribution in [0.25, 0.3) is 33.2 Å². The normalized spacial score (nSPS) is 11.8. The van der Waals surface area contributed by atoms with Crippen LogP contribution in [0.5, 0.6) is 0 Å². The summed E-state index contributed by atoms with van der Waals surface area (Å²) in [4.78, 5) is 0. The number of hydrogen-bond acceptors (Lipinski definition) is 1. The minimum absolute atomic E-state index is 0.495. The van der Waals surface area contributed by atoms with Crippen molar-refractivity contribution in [2.75, 3.05) is 0 Å². The van der Waals surface area contributed by atoms with E-state index in [0.29, 0.717) is 5.92 Å². The lowest BCUT2D eigenvalue weighted by atomic mass is 9.94. The van der Waals surface area contributed by atoms with E-state index in [4.69, 9.17) is 4.42 Å². The van der Waals surface area contributed by atoms with Crippen LogP contribution in [0.15, 0.2) is 53.1 Å². The lowest BCUT2D eigenvalue weighted by Gasteiger charge is -2.12. The van der Waals surface area contributed by atoms with Crippen LogP contribution in [-0.2, 0) is 7.05 Å². The lowest BCUT2D eigenvalue weighted by Crippen LogP contribution is -2.32. The highest BCUT2D eigenvalue weighted by molar-refractivity contribution is 6.09. The Morgan fingerprint density at radius 3 is 2.44 bits per heavy atom. The molecule has 0 saturated heterocycles. The Labute approximate surface area is 148 Å². The van der Waals surface area contributed by atoms with Gasteiger partial charge in [-0.3, -0.25) is 0 Å². The second-order valence-electron chi connectivity index (χ2n) is 7.30. The topological polar surface area (TPSA) is 17.0 Å². The summed E-state index contributed by atoms with van der Waals surface area (Å²) in [6.07, 6.45) is 2.23. The van der Waals surface area contributed by atoms with Crippen LogP contribution in [0.3, 0.4) is 0 Å². The van der Waals surface area contributed by atoms with Crippen molar-refractivity contribution in [3.8, 4) is 11.3 Å². The Kier molecular flexibility index (Phi) is 3.64. The molecule has 0 aliphatic heterocycles. The van der Waals surface area contributed by atoms with Crippen LogP contribution >= 0.6 is 0 Å². The maximum absolute atomic E-state index is 6.29. The summed E-state index contributed by atoms with van der Waals surface area (Å²) in [5.41, 5.74) is 8.28. The van der Waals surface area contributed by atoms with Crippen molar-refractivity contribution in [1.82, 2.24) is 0 Å². The summed E-state index contributed by atoms with van der Waals surface area (Å²) >= 11 is 0. The van der Waals surface area contributed by atoms with Crippen LogP contribution in [0.1, 0.15) is 36.5 Å². The monoisotopic (exact) mass is 330 g/mol. The third-order valence-corrected chi connectivity index (χ3v) is 5.15. The first kappa shape index (κ1) is 15.9. The molecule has 4 aromatic rings. The van der Waals surface area contributed by atoms with Gasteiger partial charge in [-0.05, 0) is 37.0 Å². The summed E-state index contributed by atoms with van der Waals surface area (Å²) in [6.45, 7) is 8.85. The molecule has 0 saturated carbocycles. The standard InChI is InChI=1S/C23H24NO/c1-14(2)19-12-20(24(5)13-16(19)4)22-15(3)10-11-18-17-8-6-7-9-21(17)25-23(18)22/h6-14H,1-5H3/q+1. The maximum atomic E-state index is 6.29. The fourth-order valence-electron chi connectivity index (χ4n) is 3.87. The first-order chi connectivity index (χ1) is 12.0. The van der Waals surface area contributed by atoms with Crippen molar-refractivity contribution in [3.05, 3.63) is 65.4 Å². The second-order valence-corrected chi connectivity index (χ2v) is 7.30. The zero-order valence-corrected chi connectivity index (χ0v) is 15.6. The highest BCUT2D eigenvalue weighted by Gasteiger charge is 2.22. The molecular formula is C23H24NO+. The SMILES string of the molecule is Cc1c[n+](C)c(-c2c(C)ccc3c2oc2ccccc23)cc1C(C)C. The number of rotatable bonds is 2. The first-order valence-corrected chi connectivity index (χ1v) is 8.88. The largest absolute Gasteiger partial charge is 0.455 e. The van der Waals surface area contributed by atoms with E-state index in [1.165, 1.54) is 38.7 Å². The summed E-state index contributed by atoms with van der Waals surface area (Å²) in [5, 5.41) is 2.36. The highest BCUT2D eigenvalue weighted by Crippen LogP contribution is 2.37. The Hall–Kier alpha value is -2.61. The predicted molar refractivity (Wildman–Crippen MR) is 104 cm³/mol. The number of aryl methyl sites for hydroxylation is 3. The molecule has 0 spiro atoms. The number of fused-ring (bicyclic) bond motifs is 3. The van der Waals surface area contributed by atoms with Crippen molar-refractivity contribution in [2.24, 2.45) is 7.05 Å². The van der Waals surface area contributed by atoms with Gasteiger partial charge in [0.2, 0.25) is 5.69 Å². The number of pyridine rings is 1. The van der Waals surface area contributed by atoms with Crippen molar-refractivity contribution in [3.63, 3.8) is 0 Å². The van der Waals surface area contributed by atoms with Crippen LogP contribution in [0.2, 0.25) is 0 Å². The molecule has 2 heterocycles. The van der Waals surface area contributed by atoms with Crippen molar-refractivity contribution < 1.29 is 8.98 Å². The quantitative estimate of drug-likeness (QED) is 0.423. The van der Waals surface area contributed by atoms with Gasteiger partial charge in [0.1, 0.15) is 18.2 Å². The van der Waals surface area contributed by atoms with Gasteiger partial charge in [-0.25, -0.2) is 4.57 Å². The van der Waals surface area contributed by atoms with E-state index < -0.39 is 0 Å². The van der Waals surface area contributed by atoms with E-state index in [2.05, 4.69) is 75.8 Å². The molecule has 0 bridgehead atoms. The van der Waals surface area contributed by atoms with E-state index >= 15 is 0 Å². The van der Waals surface area contributed by atoms with E-state index in [1.54, 1.807) is 0 Å². The number of para-hydroxylation sites is 1. The van der Waals surface area contributed by atoms with Gasteiger partial charge < -0.3 is 4.42 Å². The van der Waals surface area contributed by atoms with Crippen LogP contribution in [0, 0.1) is 13.8 Å². The van der Waals surface area contributed by atoms with Gasteiger partial charge >= 0.3 is 0 Å². The molecule has 0 aliphatic carbocycles. The molecule has 126 valence electrons. The predicted octanol–water partition coefficient (Wildman–Crippen LogP) is 5.82. The van der Waals surface area contributed by atoms with Crippen LogP contribution in [0.4, 0.5) is 0 Å². The third-order valence-electron chi connectivity index (χ3n) is 5.15. The second kappa shape index (κ2) is 5.73. The third kappa shape index (κ3) is 2.44. The van der Waals surface area contributed by atoms with E-state index in [9.17, 15) is 0 Å². The Balaban J connectivity index is 2.11. The molecular weight excluding hydrogens is 306 g/mol. The molecule has 0 atom stereocenters. The van der Waals surface area contributed by atoms with Gasteiger partial charge in [0.15, 0.2) is 6.20 Å². The fraction of sp³-hybridized carbons (Fsp3) is 0.261. The number of nitrogens with zero attached hydrogens (tertiary/aromatic N) is 1. The molecule has 2 nitrogen and oxygen atoms in total. The van der Waals surface area contributed by atoms with Gasteiger partial charge in [-0.15, -0.1) is 0 Å². The summed E-state index contributed by atoms with van der Waals surface area (Å²) in [6, 6.07) is 15.0. The molecule has 0 fully saturated rings. The van der Waals surface area contributed by atoms with E-state index in [0.717, 1.165) is 11.2 Å². The molecule has 2 aromatic carbocycles. The van der Waals surface area contributed by atoms with Gasteiger partial charge in [-0.2, -0.15) is 0 Å². The van der Waals surface area contributed by atoms with E-state index in [1.807, 2.05) is 12.1 Å². The van der Waals surface area contributed by atoms with Crippen molar-refractivity contribution in [1.29, 1.82) is 0 Å². The minimum Gasteiger partial charge on any atom is -0.455 e. The van der Waals surface area contributed by atoms with Crippen molar-refractivity contribution in [2.45, 2.75) is 33.6 Å². The number of aromatic nitrogens is 1. The lowest BCUT2D eigenvalue weighted by molar-refractivity contribution is -0.660. The molecule has 25 heavy (non-hydrogen) atoms. The Morgan fingerprint density at radius 1 is 0.920 bits per heavy atom. The van der Waals surface area contributed by atoms with E-state index in [-0.39, 0.29) is 0 Å². The van der Waals surface area contributed by atoms with Crippen LogP contribution < -0.4 is 4.57 Å². The molecule has 0 unspecified atom stereocenters. The summed E-state index contributed by atoms with van der Waals surface area (Å²) in [5.74, 6) is 0.495. The summed E-state index contributed by atoms with van der Waals surface area (Å²) in [7, 11) is 2.12. The smallest absolute Gasteiger partial charge is 0.216 e. The highest BCUT2D eigenvalue weighted by atomic mass is 16.3. The number of furan rings is 1. The van der Waals surface area contributed by atoms with Gasteiger partial charge in [0, 0.05) is 22.4 Å². The zero-order valence-electron chi connectivity index (χ0n) is 15.6. The Bertz CT molecular complexity index is 1100. The average Bonchev–Trinajstić information content (AvgIpc) is 2.94. The molecule has 0 aliphatic rings. The maximum Gasteiger partial charge on any atom is 0.216 e. The molecule has 2 aromatic heterocycles. The molecule has 0 N–H and O–H groups in total. The van der Waals surface area contributed by atoms with Gasteiger partial charge in [0.25, 0.3) is 0 Å². The first-order valence-electron chi connectivity index (χ1n) is 8.88. The molecule has 0 radical (unpaired) electrons. The average molecular weight is 330 g/mol. The van der Waals surface area contributed by atoms with Crippen molar-refractivity contribution >= 4 is 21.9 Å². The van der Waals surface area contributed by atoms with Gasteiger partial charge in [-0.1, -0.05) is 44.2 Å². The number of benzene rings is 2. The summed E-state index contributed by atoms with van der Waals surface area (Å²) < 4.78 is 8.51. The molecule has 0 amide bonds. The molecule has 2 heteroatoms. The Morgan fingerprint density at radius 2 is 1.68 bits per heavy atom. The zero-order chi connectivity index (χ0) is 17.7.